The van der Waals surface area contributed by atoms with E-state index in [1.54, 1.807) is 13.4 Å². The van der Waals surface area contributed by atoms with Crippen LogP contribution in [0.25, 0.3) is 0 Å². The third-order valence-electron chi connectivity index (χ3n) is 2.79. The minimum absolute atomic E-state index is 0.458. The Balaban J connectivity index is 2.04. The molecule has 0 bridgehead atoms. The van der Waals surface area contributed by atoms with Crippen molar-refractivity contribution in [3.63, 3.8) is 0 Å². The molecule has 4 heteroatoms. The Morgan fingerprint density at radius 3 is 2.71 bits per heavy atom. The predicted octanol–water partition coefficient (Wildman–Crippen LogP) is 0.910. The molecule has 0 amide bonds. The first kappa shape index (κ1) is 12.1. The lowest BCUT2D eigenvalue weighted by Gasteiger charge is -2.36. The SMILES string of the molecule is COC1CC(NC(C)CCS(C)=O)C1. The lowest BCUT2D eigenvalue weighted by atomic mass is 9.88. The summed E-state index contributed by atoms with van der Waals surface area (Å²) in [5, 5.41) is 3.52. The number of methoxy groups -OCH3 is 1. The van der Waals surface area contributed by atoms with Crippen LogP contribution in [0.3, 0.4) is 0 Å². The van der Waals surface area contributed by atoms with Crippen molar-refractivity contribution in [2.24, 2.45) is 0 Å². The quantitative estimate of drug-likeness (QED) is 0.721. The Bertz CT molecular complexity index is 193. The summed E-state index contributed by atoms with van der Waals surface area (Å²) in [6.45, 7) is 2.16. The summed E-state index contributed by atoms with van der Waals surface area (Å²) < 4.78 is 16.1. The summed E-state index contributed by atoms with van der Waals surface area (Å²) >= 11 is 0. The average molecular weight is 219 g/mol. The molecule has 0 aromatic rings. The van der Waals surface area contributed by atoms with Gasteiger partial charge in [0.15, 0.2) is 0 Å². The molecule has 1 rings (SSSR count). The summed E-state index contributed by atoms with van der Waals surface area (Å²) in [4.78, 5) is 0. The molecule has 0 radical (unpaired) electrons. The summed E-state index contributed by atoms with van der Waals surface area (Å²) in [6.07, 6.45) is 5.46. The highest BCUT2D eigenvalue weighted by atomic mass is 32.2. The monoisotopic (exact) mass is 219 g/mol. The molecule has 3 nitrogen and oxygen atoms in total. The van der Waals surface area contributed by atoms with Crippen LogP contribution in [0.5, 0.6) is 0 Å². The van der Waals surface area contributed by atoms with Gasteiger partial charge >= 0.3 is 0 Å². The fourth-order valence-electron chi connectivity index (χ4n) is 1.72. The standard InChI is InChI=1S/C10H21NO2S/c1-8(4-5-14(3)12)11-9-6-10(7-9)13-2/h8-11H,4-7H2,1-3H3. The molecule has 14 heavy (non-hydrogen) atoms. The fraction of sp³-hybridized carbons (Fsp3) is 1.00. The van der Waals surface area contributed by atoms with Crippen molar-refractivity contribution in [1.29, 1.82) is 0 Å². The Hall–Kier alpha value is 0.0700. The van der Waals surface area contributed by atoms with Gasteiger partial charge in [-0.15, -0.1) is 0 Å². The molecular weight excluding hydrogens is 198 g/mol. The molecule has 1 aliphatic carbocycles. The van der Waals surface area contributed by atoms with Crippen molar-refractivity contribution in [2.45, 2.75) is 44.4 Å². The Kier molecular flexibility index (Phi) is 5.06. The van der Waals surface area contributed by atoms with Gasteiger partial charge in [-0.05, 0) is 26.2 Å². The van der Waals surface area contributed by atoms with Gasteiger partial charge in [-0.1, -0.05) is 0 Å². The molecule has 1 saturated carbocycles. The van der Waals surface area contributed by atoms with Gasteiger partial charge in [0, 0.05) is 42.0 Å². The largest absolute Gasteiger partial charge is 0.381 e. The van der Waals surface area contributed by atoms with E-state index in [0.717, 1.165) is 25.0 Å². The first-order valence-electron chi connectivity index (χ1n) is 5.20. The Labute approximate surface area is 89.1 Å². The molecule has 0 saturated heterocycles. The van der Waals surface area contributed by atoms with Crippen molar-refractivity contribution in [1.82, 2.24) is 5.32 Å². The maximum absolute atomic E-state index is 10.9. The Morgan fingerprint density at radius 2 is 2.21 bits per heavy atom. The van der Waals surface area contributed by atoms with E-state index in [0.29, 0.717) is 18.2 Å². The smallest absolute Gasteiger partial charge is 0.0601 e. The van der Waals surface area contributed by atoms with Crippen molar-refractivity contribution in [3.8, 4) is 0 Å². The minimum atomic E-state index is -0.658. The fourth-order valence-corrected chi connectivity index (χ4v) is 2.41. The van der Waals surface area contributed by atoms with Gasteiger partial charge in [0.05, 0.1) is 6.10 Å². The number of hydrogen-bond acceptors (Lipinski definition) is 3. The first-order valence-corrected chi connectivity index (χ1v) is 6.93. The van der Waals surface area contributed by atoms with E-state index in [2.05, 4.69) is 12.2 Å². The van der Waals surface area contributed by atoms with Gasteiger partial charge in [0.25, 0.3) is 0 Å². The highest BCUT2D eigenvalue weighted by Gasteiger charge is 2.29. The van der Waals surface area contributed by atoms with Gasteiger partial charge in [-0.3, -0.25) is 4.21 Å². The van der Waals surface area contributed by atoms with Crippen molar-refractivity contribution in [2.75, 3.05) is 19.1 Å². The van der Waals surface area contributed by atoms with Gasteiger partial charge in [0.2, 0.25) is 0 Å². The molecule has 1 fully saturated rings. The summed E-state index contributed by atoms with van der Waals surface area (Å²) in [5.41, 5.74) is 0. The predicted molar refractivity (Wildman–Crippen MR) is 60.0 cm³/mol. The molecule has 0 aromatic heterocycles. The highest BCUT2D eigenvalue weighted by Crippen LogP contribution is 2.23. The van der Waals surface area contributed by atoms with Crippen LogP contribution in [0.2, 0.25) is 0 Å². The molecule has 0 heterocycles. The van der Waals surface area contributed by atoms with Crippen molar-refractivity contribution < 1.29 is 8.95 Å². The average Bonchev–Trinajstić information content (AvgIpc) is 2.07. The molecule has 2 atom stereocenters. The lowest BCUT2D eigenvalue weighted by Crippen LogP contribution is -2.48. The third-order valence-corrected chi connectivity index (χ3v) is 3.60. The maximum atomic E-state index is 10.9. The van der Waals surface area contributed by atoms with Crippen LogP contribution in [0.4, 0.5) is 0 Å². The Morgan fingerprint density at radius 1 is 1.57 bits per heavy atom. The van der Waals surface area contributed by atoms with Crippen LogP contribution in [-0.2, 0) is 15.5 Å². The maximum Gasteiger partial charge on any atom is 0.0601 e. The van der Waals surface area contributed by atoms with Crippen LogP contribution in [-0.4, -0.2) is 41.5 Å². The van der Waals surface area contributed by atoms with E-state index in [9.17, 15) is 4.21 Å². The van der Waals surface area contributed by atoms with E-state index in [-0.39, 0.29) is 0 Å². The van der Waals surface area contributed by atoms with Crippen molar-refractivity contribution >= 4 is 10.8 Å². The molecule has 1 aliphatic rings. The van der Waals surface area contributed by atoms with E-state index in [1.807, 2.05) is 0 Å². The zero-order valence-electron chi connectivity index (χ0n) is 9.29. The van der Waals surface area contributed by atoms with E-state index in [1.165, 1.54) is 0 Å². The molecule has 0 aromatic carbocycles. The van der Waals surface area contributed by atoms with E-state index in [4.69, 9.17) is 4.74 Å². The van der Waals surface area contributed by atoms with Gasteiger partial charge in [-0.25, -0.2) is 0 Å². The second kappa shape index (κ2) is 5.83. The number of ether oxygens (including phenoxy) is 1. The van der Waals surface area contributed by atoms with E-state index < -0.39 is 10.8 Å². The zero-order valence-corrected chi connectivity index (χ0v) is 10.1. The normalized spacial score (nSPS) is 30.8. The molecule has 2 unspecified atom stereocenters. The summed E-state index contributed by atoms with van der Waals surface area (Å²) in [7, 11) is 1.11. The summed E-state index contributed by atoms with van der Waals surface area (Å²) in [5.74, 6) is 0.800. The molecule has 0 spiro atoms. The molecule has 84 valence electrons. The molecule has 0 aliphatic heterocycles. The zero-order chi connectivity index (χ0) is 10.6. The lowest BCUT2D eigenvalue weighted by molar-refractivity contribution is 0.0147. The third kappa shape index (κ3) is 4.07. The van der Waals surface area contributed by atoms with Crippen LogP contribution in [0.1, 0.15) is 26.2 Å². The van der Waals surface area contributed by atoms with Gasteiger partial charge < -0.3 is 10.1 Å². The van der Waals surface area contributed by atoms with Gasteiger partial charge in [-0.2, -0.15) is 0 Å². The number of nitrogens with one attached hydrogen (secondary N) is 1. The first-order chi connectivity index (χ1) is 6.61. The van der Waals surface area contributed by atoms with Crippen LogP contribution < -0.4 is 5.32 Å². The highest BCUT2D eigenvalue weighted by molar-refractivity contribution is 7.84. The number of hydrogen-bond donors (Lipinski definition) is 1. The van der Waals surface area contributed by atoms with Crippen LogP contribution in [0, 0.1) is 0 Å². The molecular formula is C10H21NO2S. The van der Waals surface area contributed by atoms with E-state index >= 15 is 0 Å². The molecule has 1 N–H and O–H groups in total. The summed E-state index contributed by atoms with van der Waals surface area (Å²) in [6, 6.07) is 1.09. The number of rotatable bonds is 6. The topological polar surface area (TPSA) is 38.3 Å². The second-order valence-corrected chi connectivity index (χ2v) is 5.71. The van der Waals surface area contributed by atoms with Gasteiger partial charge in [0.1, 0.15) is 0 Å². The van der Waals surface area contributed by atoms with Crippen LogP contribution in [0.15, 0.2) is 0 Å². The minimum Gasteiger partial charge on any atom is -0.381 e. The van der Waals surface area contributed by atoms with Crippen LogP contribution >= 0.6 is 0 Å². The van der Waals surface area contributed by atoms with Crippen molar-refractivity contribution in [3.05, 3.63) is 0 Å². The second-order valence-electron chi connectivity index (χ2n) is 4.16.